The zero-order valence-corrected chi connectivity index (χ0v) is 26.3. The Morgan fingerprint density at radius 3 is 2.19 bits per heavy atom. The van der Waals surface area contributed by atoms with E-state index in [4.69, 9.17) is 5.73 Å². The van der Waals surface area contributed by atoms with E-state index in [9.17, 15) is 0 Å². The average Bonchev–Trinajstić information content (AvgIpc) is 3.46. The van der Waals surface area contributed by atoms with Gasteiger partial charge in [0.05, 0.1) is 11.4 Å². The van der Waals surface area contributed by atoms with E-state index in [1.807, 2.05) is 42.5 Å². The predicted octanol–water partition coefficient (Wildman–Crippen LogP) is 11.7. The largest absolute Gasteiger partial charge is 0.397 e. The number of benzene rings is 5. The number of rotatable bonds is 5. The highest BCUT2D eigenvalue weighted by Crippen LogP contribution is 2.48. The second-order valence-corrected chi connectivity index (χ2v) is 12.3. The van der Waals surface area contributed by atoms with Crippen LogP contribution in [0.25, 0.3) is 44.7 Å². The van der Waals surface area contributed by atoms with Crippen molar-refractivity contribution in [3.63, 3.8) is 0 Å². The van der Waals surface area contributed by atoms with Gasteiger partial charge in [0.1, 0.15) is 0 Å². The van der Waals surface area contributed by atoms with Crippen molar-refractivity contribution in [2.75, 3.05) is 11.1 Å². The van der Waals surface area contributed by atoms with Crippen LogP contribution in [0.4, 0.5) is 17.1 Å². The minimum atomic E-state index is 0.390. The molecule has 0 saturated heterocycles. The first-order valence-corrected chi connectivity index (χ1v) is 16.2. The fourth-order valence-electron chi connectivity index (χ4n) is 6.95. The van der Waals surface area contributed by atoms with Crippen LogP contribution in [0, 0.1) is 0 Å². The van der Waals surface area contributed by atoms with Gasteiger partial charge < -0.3 is 11.1 Å². The van der Waals surface area contributed by atoms with Gasteiger partial charge in [-0.05, 0) is 122 Å². The van der Waals surface area contributed by atoms with Crippen LogP contribution >= 0.6 is 0 Å². The number of nitrogens with two attached hydrogens (primary N) is 1. The molecular formula is C45H34N2. The number of para-hydroxylation sites is 2. The van der Waals surface area contributed by atoms with E-state index in [2.05, 4.69) is 133 Å². The van der Waals surface area contributed by atoms with E-state index >= 15 is 0 Å². The second-order valence-electron chi connectivity index (χ2n) is 12.3. The first-order chi connectivity index (χ1) is 23.1. The lowest BCUT2D eigenvalue weighted by Crippen LogP contribution is -2.06. The van der Waals surface area contributed by atoms with Crippen molar-refractivity contribution in [3.05, 3.63) is 185 Å². The van der Waals surface area contributed by atoms with Gasteiger partial charge in [0, 0.05) is 11.3 Å². The molecular weight excluding hydrogens is 569 g/mol. The molecule has 224 valence electrons. The van der Waals surface area contributed by atoms with E-state index in [0.717, 1.165) is 45.8 Å². The van der Waals surface area contributed by atoms with Gasteiger partial charge in [-0.15, -0.1) is 11.5 Å². The number of fused-ring (bicyclic) bond motifs is 2. The summed E-state index contributed by atoms with van der Waals surface area (Å²) in [6, 6.07) is 34.5. The van der Waals surface area contributed by atoms with Gasteiger partial charge in [-0.25, -0.2) is 0 Å². The van der Waals surface area contributed by atoms with E-state index in [1.54, 1.807) is 0 Å². The molecule has 3 N–H and O–H groups in total. The normalized spacial score (nSPS) is 16.1. The van der Waals surface area contributed by atoms with Crippen LogP contribution in [-0.4, -0.2) is 0 Å². The van der Waals surface area contributed by atoms with Crippen molar-refractivity contribution in [1.82, 2.24) is 0 Å². The molecule has 3 aliphatic carbocycles. The van der Waals surface area contributed by atoms with Crippen LogP contribution in [0.2, 0.25) is 0 Å². The monoisotopic (exact) mass is 602 g/mol. The molecule has 5 aromatic rings. The molecule has 1 atom stereocenters. The Balaban J connectivity index is 1.21. The summed E-state index contributed by atoms with van der Waals surface area (Å²) in [5.41, 5.74) is 27.9. The minimum Gasteiger partial charge on any atom is -0.397 e. The van der Waals surface area contributed by atoms with Crippen molar-refractivity contribution in [2.45, 2.75) is 19.3 Å². The molecule has 0 aliphatic heterocycles. The van der Waals surface area contributed by atoms with E-state index in [1.165, 1.54) is 44.2 Å². The zero-order valence-electron chi connectivity index (χ0n) is 26.3. The van der Waals surface area contributed by atoms with Gasteiger partial charge in [-0.2, -0.15) is 0 Å². The standard InChI is InChI=1S/C45H34N2/c1-30-10-9-15-40-43(30)45(36-26-28-37(29-27-36)47-42-17-8-7-16-41(42)46)39-14-6-5-13-38(39)44(40)35-24-22-34(23-25-35)33-20-18-31-11-3-2-4-12-32(31)19-21-33/h2-3,5-9,11-20,22-30,47H,10,46H2,1H3. The Bertz CT molecular complexity index is 2310. The summed E-state index contributed by atoms with van der Waals surface area (Å²) in [4.78, 5) is 0. The fourth-order valence-corrected chi connectivity index (χ4v) is 6.95. The Morgan fingerprint density at radius 2 is 1.38 bits per heavy atom. The first kappa shape index (κ1) is 28.4. The zero-order chi connectivity index (χ0) is 31.7. The Kier molecular flexibility index (Phi) is 7.29. The lowest BCUT2D eigenvalue weighted by molar-refractivity contribution is 0.775. The van der Waals surface area contributed by atoms with Crippen LogP contribution in [-0.2, 0) is 0 Å². The Hall–Kier alpha value is -6.04. The molecule has 2 heteroatoms. The molecule has 1 unspecified atom stereocenters. The maximum atomic E-state index is 6.20. The number of hydrogen-bond acceptors (Lipinski definition) is 2. The van der Waals surface area contributed by atoms with Gasteiger partial charge in [0.25, 0.3) is 0 Å². The molecule has 0 spiro atoms. The third-order valence-corrected chi connectivity index (χ3v) is 9.31. The number of nitrogens with one attached hydrogen (secondary N) is 1. The summed E-state index contributed by atoms with van der Waals surface area (Å²) in [5, 5.41) is 6.02. The molecule has 0 radical (unpaired) electrons. The average molecular weight is 603 g/mol. The molecule has 47 heavy (non-hydrogen) atoms. The Labute approximate surface area is 276 Å². The molecule has 8 rings (SSSR count). The lowest BCUT2D eigenvalue weighted by Gasteiger charge is -2.27. The maximum absolute atomic E-state index is 6.20. The number of anilines is 3. The lowest BCUT2D eigenvalue weighted by atomic mass is 9.76. The molecule has 0 aromatic heterocycles. The molecule has 0 bridgehead atoms. The molecule has 5 aromatic carbocycles. The highest BCUT2D eigenvalue weighted by molar-refractivity contribution is 6.10. The van der Waals surface area contributed by atoms with E-state index in [-0.39, 0.29) is 0 Å². The predicted molar refractivity (Wildman–Crippen MR) is 200 cm³/mol. The SMILES string of the molecule is CC1CC=Cc2c1c(-c1ccc(Nc3ccccc3N)cc1)c1ccccc1c2-c1ccc(C2=C=CC3=C(C=CC=C=C3)C=C2)cc1. The Morgan fingerprint density at radius 1 is 0.681 bits per heavy atom. The molecule has 0 heterocycles. The van der Waals surface area contributed by atoms with Gasteiger partial charge in [-0.3, -0.25) is 0 Å². The summed E-state index contributed by atoms with van der Waals surface area (Å²) < 4.78 is 0. The smallest absolute Gasteiger partial charge is 0.0617 e. The van der Waals surface area contributed by atoms with Gasteiger partial charge >= 0.3 is 0 Å². The topological polar surface area (TPSA) is 38.0 Å². The quantitative estimate of drug-likeness (QED) is 0.155. The van der Waals surface area contributed by atoms with Crippen molar-refractivity contribution < 1.29 is 0 Å². The highest BCUT2D eigenvalue weighted by atomic mass is 14.9. The third kappa shape index (κ3) is 5.33. The van der Waals surface area contributed by atoms with Crippen LogP contribution < -0.4 is 11.1 Å². The summed E-state index contributed by atoms with van der Waals surface area (Å²) in [6.45, 7) is 2.36. The number of nitrogen functional groups attached to an aromatic ring is 1. The van der Waals surface area contributed by atoms with Crippen LogP contribution in [0.3, 0.4) is 0 Å². The van der Waals surface area contributed by atoms with Crippen LogP contribution in [0.15, 0.2) is 168 Å². The number of hydrogen-bond donors (Lipinski definition) is 2. The van der Waals surface area contributed by atoms with Crippen molar-refractivity contribution in [2.24, 2.45) is 0 Å². The van der Waals surface area contributed by atoms with Crippen molar-refractivity contribution >= 4 is 39.5 Å². The fraction of sp³-hybridized carbons (Fsp3) is 0.0667. The van der Waals surface area contributed by atoms with Gasteiger partial charge in [0.15, 0.2) is 0 Å². The summed E-state index contributed by atoms with van der Waals surface area (Å²) in [5.74, 6) is 0.390. The van der Waals surface area contributed by atoms with Crippen LogP contribution in [0.1, 0.15) is 36.0 Å². The van der Waals surface area contributed by atoms with Gasteiger partial charge in [-0.1, -0.05) is 110 Å². The summed E-state index contributed by atoms with van der Waals surface area (Å²) in [7, 11) is 0. The van der Waals surface area contributed by atoms with E-state index in [0.29, 0.717) is 5.92 Å². The number of allylic oxidation sites excluding steroid dienone is 9. The summed E-state index contributed by atoms with van der Waals surface area (Å²) in [6.07, 6.45) is 20.2. The highest BCUT2D eigenvalue weighted by Gasteiger charge is 2.25. The van der Waals surface area contributed by atoms with Gasteiger partial charge in [0.2, 0.25) is 0 Å². The molecule has 0 amide bonds. The third-order valence-electron chi connectivity index (χ3n) is 9.31. The van der Waals surface area contributed by atoms with E-state index < -0.39 is 0 Å². The molecule has 2 nitrogen and oxygen atoms in total. The summed E-state index contributed by atoms with van der Waals surface area (Å²) >= 11 is 0. The first-order valence-electron chi connectivity index (χ1n) is 16.2. The van der Waals surface area contributed by atoms with Crippen molar-refractivity contribution in [3.8, 4) is 22.3 Å². The molecule has 0 fully saturated rings. The molecule has 0 saturated carbocycles. The molecule has 3 aliphatic rings. The maximum Gasteiger partial charge on any atom is 0.0617 e. The second kappa shape index (κ2) is 12.0. The van der Waals surface area contributed by atoms with Crippen molar-refractivity contribution in [1.29, 1.82) is 0 Å². The minimum absolute atomic E-state index is 0.390. The van der Waals surface area contributed by atoms with Crippen LogP contribution in [0.5, 0.6) is 0 Å².